The smallest absolute Gasteiger partial charge is 0.0845 e. The van der Waals surface area contributed by atoms with Crippen LogP contribution in [0.5, 0.6) is 0 Å². The molecule has 0 saturated carbocycles. The minimum absolute atomic E-state index is 0.417. The first kappa shape index (κ1) is 7.33. The second kappa shape index (κ2) is 2.96. The summed E-state index contributed by atoms with van der Waals surface area (Å²) in [6, 6.07) is 10.9. The van der Waals surface area contributed by atoms with Gasteiger partial charge in [0, 0.05) is 6.04 Å². The van der Waals surface area contributed by atoms with Crippen molar-refractivity contribution < 1.29 is 0 Å². The fourth-order valence-electron chi connectivity index (χ4n) is 1.61. The van der Waals surface area contributed by atoms with E-state index in [0.717, 1.165) is 6.42 Å². The van der Waals surface area contributed by atoms with Crippen LogP contribution in [0, 0.1) is 11.3 Å². The molecule has 2 nitrogen and oxygen atoms in total. The lowest BCUT2D eigenvalue weighted by Crippen LogP contribution is -2.31. The van der Waals surface area contributed by atoms with Crippen molar-refractivity contribution in [3.05, 3.63) is 35.4 Å². The Hall–Kier alpha value is -1.33. The minimum atomic E-state index is 0.417. The van der Waals surface area contributed by atoms with E-state index in [4.69, 9.17) is 5.26 Å². The highest BCUT2D eigenvalue weighted by Gasteiger charge is 2.23. The molecule has 1 N–H and O–H groups in total. The third kappa shape index (κ3) is 1.09. The summed E-state index contributed by atoms with van der Waals surface area (Å²) in [5.74, 6) is 0. The Labute approximate surface area is 71.8 Å². The average molecular weight is 158 g/mol. The zero-order valence-corrected chi connectivity index (χ0v) is 6.75. The fraction of sp³-hybridized carbons (Fsp3) is 0.300. The number of hydrogen-bond acceptors (Lipinski definition) is 2. The molecule has 1 aliphatic rings. The predicted molar refractivity (Wildman–Crippen MR) is 46.5 cm³/mol. The number of benzene rings is 1. The summed E-state index contributed by atoms with van der Waals surface area (Å²) >= 11 is 0. The van der Waals surface area contributed by atoms with Gasteiger partial charge >= 0.3 is 0 Å². The van der Waals surface area contributed by atoms with Gasteiger partial charge in [-0.2, -0.15) is 5.26 Å². The number of nitrogens with zero attached hydrogens (tertiary/aromatic N) is 1. The van der Waals surface area contributed by atoms with Crippen molar-refractivity contribution in [1.29, 1.82) is 5.26 Å². The van der Waals surface area contributed by atoms with Crippen LogP contribution in [-0.4, -0.2) is 6.54 Å². The number of nitriles is 1. The van der Waals surface area contributed by atoms with Crippen molar-refractivity contribution in [1.82, 2.24) is 5.32 Å². The molecule has 1 aromatic rings. The van der Waals surface area contributed by atoms with Crippen molar-refractivity contribution in [3.63, 3.8) is 0 Å². The average Bonchev–Trinajstić information content (AvgIpc) is 2.07. The van der Waals surface area contributed by atoms with Crippen LogP contribution in [0.25, 0.3) is 0 Å². The van der Waals surface area contributed by atoms with Gasteiger partial charge in [-0.15, -0.1) is 0 Å². The first-order valence-electron chi connectivity index (χ1n) is 4.10. The summed E-state index contributed by atoms with van der Waals surface area (Å²) in [5.41, 5.74) is 2.76. The van der Waals surface area contributed by atoms with Gasteiger partial charge < -0.3 is 0 Å². The molecule has 1 unspecified atom stereocenters. The maximum atomic E-state index is 8.37. The summed E-state index contributed by atoms with van der Waals surface area (Å²) < 4.78 is 0. The fourth-order valence-corrected chi connectivity index (χ4v) is 1.61. The number of fused-ring (bicyclic) bond motifs is 1. The molecule has 2 heteroatoms. The predicted octanol–water partition coefficient (Wildman–Crippen LogP) is 1.40. The van der Waals surface area contributed by atoms with Gasteiger partial charge in [0.1, 0.15) is 0 Å². The lowest BCUT2D eigenvalue weighted by atomic mass is 9.83. The highest BCUT2D eigenvalue weighted by molar-refractivity contribution is 5.39. The standard InChI is InChI=1S/C10H10N2/c11-5-6-12-10-7-8-3-1-2-4-9(8)10/h1-4,10,12H,6-7H2. The van der Waals surface area contributed by atoms with E-state index in [9.17, 15) is 0 Å². The summed E-state index contributed by atoms with van der Waals surface area (Å²) in [7, 11) is 0. The van der Waals surface area contributed by atoms with Crippen molar-refractivity contribution in [2.75, 3.05) is 6.54 Å². The summed E-state index contributed by atoms with van der Waals surface area (Å²) in [6.45, 7) is 0.443. The van der Waals surface area contributed by atoms with Gasteiger partial charge in [-0.3, -0.25) is 5.32 Å². The molecular weight excluding hydrogens is 148 g/mol. The second-order valence-electron chi connectivity index (χ2n) is 2.99. The van der Waals surface area contributed by atoms with Gasteiger partial charge in [0.05, 0.1) is 12.6 Å². The topological polar surface area (TPSA) is 35.8 Å². The van der Waals surface area contributed by atoms with Crippen molar-refractivity contribution in [2.45, 2.75) is 12.5 Å². The van der Waals surface area contributed by atoms with E-state index >= 15 is 0 Å². The summed E-state index contributed by atoms with van der Waals surface area (Å²) in [5, 5.41) is 11.5. The molecule has 0 aromatic heterocycles. The molecule has 0 fully saturated rings. The highest BCUT2D eigenvalue weighted by atomic mass is 14.9. The molecule has 60 valence electrons. The lowest BCUT2D eigenvalue weighted by Gasteiger charge is -2.29. The van der Waals surface area contributed by atoms with Crippen molar-refractivity contribution in [3.8, 4) is 6.07 Å². The molecule has 0 radical (unpaired) electrons. The minimum Gasteiger partial charge on any atom is -0.297 e. The third-order valence-electron chi connectivity index (χ3n) is 2.28. The van der Waals surface area contributed by atoms with Gasteiger partial charge in [0.25, 0.3) is 0 Å². The normalized spacial score (nSPS) is 19.1. The Bertz CT molecular complexity index is 325. The maximum absolute atomic E-state index is 8.37. The molecule has 0 bridgehead atoms. The maximum Gasteiger partial charge on any atom is 0.0845 e. The van der Waals surface area contributed by atoms with E-state index in [0.29, 0.717) is 12.6 Å². The SMILES string of the molecule is N#CCNC1Cc2ccccc21. The van der Waals surface area contributed by atoms with E-state index < -0.39 is 0 Å². The molecule has 0 aliphatic heterocycles. The van der Waals surface area contributed by atoms with E-state index in [-0.39, 0.29) is 0 Å². The van der Waals surface area contributed by atoms with E-state index in [1.165, 1.54) is 11.1 Å². The molecular formula is C10H10N2. The van der Waals surface area contributed by atoms with Crippen LogP contribution in [0.4, 0.5) is 0 Å². The number of rotatable bonds is 2. The Morgan fingerprint density at radius 3 is 3.08 bits per heavy atom. The van der Waals surface area contributed by atoms with E-state index in [1.807, 2.05) is 6.07 Å². The molecule has 0 amide bonds. The molecule has 12 heavy (non-hydrogen) atoms. The molecule has 1 aromatic carbocycles. The third-order valence-corrected chi connectivity index (χ3v) is 2.28. The van der Waals surface area contributed by atoms with Crippen LogP contribution in [0.2, 0.25) is 0 Å². The van der Waals surface area contributed by atoms with Crippen LogP contribution in [-0.2, 0) is 6.42 Å². The Morgan fingerprint density at radius 2 is 2.33 bits per heavy atom. The molecule has 1 aliphatic carbocycles. The van der Waals surface area contributed by atoms with Gasteiger partial charge in [-0.1, -0.05) is 24.3 Å². The molecule has 0 heterocycles. The molecule has 0 saturated heterocycles. The quantitative estimate of drug-likeness (QED) is 0.660. The lowest BCUT2D eigenvalue weighted by molar-refractivity contribution is 0.511. The number of nitrogens with one attached hydrogen (secondary N) is 1. The van der Waals surface area contributed by atoms with Gasteiger partial charge in [0.2, 0.25) is 0 Å². The molecule has 2 rings (SSSR count). The van der Waals surface area contributed by atoms with E-state index in [1.54, 1.807) is 0 Å². The first-order valence-corrected chi connectivity index (χ1v) is 4.10. The van der Waals surface area contributed by atoms with Gasteiger partial charge in [-0.25, -0.2) is 0 Å². The van der Waals surface area contributed by atoms with Gasteiger partial charge in [-0.05, 0) is 17.5 Å². The zero-order valence-electron chi connectivity index (χ0n) is 6.75. The van der Waals surface area contributed by atoms with E-state index in [2.05, 4.69) is 29.6 Å². The summed E-state index contributed by atoms with van der Waals surface area (Å²) in [4.78, 5) is 0. The monoisotopic (exact) mass is 158 g/mol. The summed E-state index contributed by atoms with van der Waals surface area (Å²) in [6.07, 6.45) is 1.07. The largest absolute Gasteiger partial charge is 0.297 e. The van der Waals surface area contributed by atoms with Crippen molar-refractivity contribution in [2.24, 2.45) is 0 Å². The van der Waals surface area contributed by atoms with Crippen molar-refractivity contribution >= 4 is 0 Å². The Morgan fingerprint density at radius 1 is 1.50 bits per heavy atom. The molecule has 1 atom stereocenters. The van der Waals surface area contributed by atoms with Crippen LogP contribution < -0.4 is 5.32 Å². The second-order valence-corrected chi connectivity index (χ2v) is 2.99. The van der Waals surface area contributed by atoms with Crippen LogP contribution >= 0.6 is 0 Å². The van der Waals surface area contributed by atoms with Crippen LogP contribution in [0.3, 0.4) is 0 Å². The first-order chi connectivity index (χ1) is 5.92. The van der Waals surface area contributed by atoms with Gasteiger partial charge in [0.15, 0.2) is 0 Å². The Kier molecular flexibility index (Phi) is 1.81. The zero-order chi connectivity index (χ0) is 8.39. The molecule has 0 spiro atoms. The highest BCUT2D eigenvalue weighted by Crippen LogP contribution is 2.31. The van der Waals surface area contributed by atoms with Crippen LogP contribution in [0.15, 0.2) is 24.3 Å². The Balaban J connectivity index is 2.06. The number of hydrogen-bond donors (Lipinski definition) is 1. The van der Waals surface area contributed by atoms with Crippen LogP contribution in [0.1, 0.15) is 17.2 Å².